The second-order valence-corrected chi connectivity index (χ2v) is 5.53. The molecule has 0 bridgehead atoms. The van der Waals surface area contributed by atoms with E-state index in [2.05, 4.69) is 25.7 Å². The molecule has 3 rings (SSSR count). The van der Waals surface area contributed by atoms with Crippen LogP contribution in [0.1, 0.15) is 13.3 Å². The number of thiazole rings is 1. The van der Waals surface area contributed by atoms with Gasteiger partial charge in [0.1, 0.15) is 0 Å². The first-order valence-corrected chi connectivity index (χ1v) is 7.82. The Morgan fingerprint density at radius 1 is 1.09 bits per heavy atom. The number of azo groups is 1. The van der Waals surface area contributed by atoms with Crippen molar-refractivity contribution in [2.24, 2.45) is 15.3 Å². The Balaban J connectivity index is 1.74. The van der Waals surface area contributed by atoms with Crippen molar-refractivity contribution < 1.29 is 0 Å². The van der Waals surface area contributed by atoms with Crippen LogP contribution >= 0.6 is 11.3 Å². The number of rotatable bonds is 4. The SMILES string of the molecule is CC/C(N=Nc1nc2ccccc2s1)=N/Nc1ccccc1. The fourth-order valence-electron chi connectivity index (χ4n) is 1.82. The van der Waals surface area contributed by atoms with Crippen molar-refractivity contribution in [3.63, 3.8) is 0 Å². The highest BCUT2D eigenvalue weighted by molar-refractivity contribution is 7.21. The van der Waals surface area contributed by atoms with Crippen LogP contribution in [0.4, 0.5) is 10.8 Å². The Kier molecular flexibility index (Phi) is 4.50. The second kappa shape index (κ2) is 6.91. The van der Waals surface area contributed by atoms with E-state index in [1.54, 1.807) is 0 Å². The highest BCUT2D eigenvalue weighted by Gasteiger charge is 2.02. The van der Waals surface area contributed by atoms with Gasteiger partial charge in [0.2, 0.25) is 5.13 Å². The van der Waals surface area contributed by atoms with Crippen LogP contribution in [0, 0.1) is 0 Å². The van der Waals surface area contributed by atoms with Crippen molar-refractivity contribution in [2.45, 2.75) is 13.3 Å². The number of anilines is 1. The molecule has 0 aliphatic rings. The highest BCUT2D eigenvalue weighted by atomic mass is 32.1. The normalized spacial score (nSPS) is 12.1. The summed E-state index contributed by atoms with van der Waals surface area (Å²) in [6, 6.07) is 17.7. The van der Waals surface area contributed by atoms with E-state index < -0.39 is 0 Å². The third-order valence-electron chi connectivity index (χ3n) is 2.94. The Morgan fingerprint density at radius 2 is 1.86 bits per heavy atom. The number of hydrogen-bond acceptors (Lipinski definition) is 5. The Labute approximate surface area is 132 Å². The molecule has 1 heterocycles. The van der Waals surface area contributed by atoms with Crippen LogP contribution in [-0.2, 0) is 0 Å². The number of para-hydroxylation sites is 2. The quantitative estimate of drug-likeness (QED) is 0.311. The van der Waals surface area contributed by atoms with Crippen molar-refractivity contribution in [1.29, 1.82) is 0 Å². The van der Waals surface area contributed by atoms with Gasteiger partial charge in [-0.05, 0) is 24.3 Å². The van der Waals surface area contributed by atoms with Crippen LogP contribution < -0.4 is 5.43 Å². The number of nitrogens with zero attached hydrogens (tertiary/aromatic N) is 4. The van der Waals surface area contributed by atoms with Gasteiger partial charge >= 0.3 is 0 Å². The fraction of sp³-hybridized carbons (Fsp3) is 0.125. The lowest BCUT2D eigenvalue weighted by Crippen LogP contribution is -1.96. The minimum absolute atomic E-state index is 0.628. The Hall–Kier alpha value is -2.60. The van der Waals surface area contributed by atoms with Crippen LogP contribution in [0.5, 0.6) is 0 Å². The topological polar surface area (TPSA) is 62.0 Å². The number of benzene rings is 2. The van der Waals surface area contributed by atoms with Gasteiger partial charge in [-0.25, -0.2) is 4.98 Å². The van der Waals surface area contributed by atoms with Gasteiger partial charge in [0.15, 0.2) is 5.84 Å². The standard InChI is InChI=1S/C16H15N5S/c1-2-15(19-18-12-8-4-3-5-9-12)20-21-16-17-13-10-6-7-11-14(13)22-16/h3-11,18H,2H2,1H3/b19-15-,21-20?. The summed E-state index contributed by atoms with van der Waals surface area (Å²) in [4.78, 5) is 4.42. The van der Waals surface area contributed by atoms with Gasteiger partial charge in [-0.1, -0.05) is 48.6 Å². The summed E-state index contributed by atoms with van der Waals surface area (Å²) in [5.74, 6) is 0.628. The van der Waals surface area contributed by atoms with Crippen LogP contribution in [0.2, 0.25) is 0 Å². The molecule has 0 fully saturated rings. The number of amidine groups is 1. The lowest BCUT2D eigenvalue weighted by atomic mass is 10.3. The molecular formula is C16H15N5S. The molecule has 0 unspecified atom stereocenters. The lowest BCUT2D eigenvalue weighted by molar-refractivity contribution is 1.13. The number of nitrogens with one attached hydrogen (secondary N) is 1. The second-order valence-electron chi connectivity index (χ2n) is 4.52. The first-order chi connectivity index (χ1) is 10.8. The van der Waals surface area contributed by atoms with Gasteiger partial charge in [-0.3, -0.25) is 5.43 Å². The minimum atomic E-state index is 0.628. The molecule has 3 aromatic rings. The summed E-state index contributed by atoms with van der Waals surface area (Å²) in [7, 11) is 0. The van der Waals surface area contributed by atoms with Crippen molar-refractivity contribution in [3.8, 4) is 0 Å². The van der Waals surface area contributed by atoms with E-state index in [1.807, 2.05) is 61.5 Å². The van der Waals surface area contributed by atoms with Crippen molar-refractivity contribution in [3.05, 3.63) is 54.6 Å². The maximum absolute atomic E-state index is 4.42. The first-order valence-electron chi connectivity index (χ1n) is 7.00. The van der Waals surface area contributed by atoms with Crippen molar-refractivity contribution in [2.75, 3.05) is 5.43 Å². The zero-order valence-corrected chi connectivity index (χ0v) is 12.9. The molecular weight excluding hydrogens is 294 g/mol. The van der Waals surface area contributed by atoms with Gasteiger partial charge in [0, 0.05) is 6.42 Å². The Bertz CT molecular complexity index is 775. The molecule has 1 aromatic heterocycles. The lowest BCUT2D eigenvalue weighted by Gasteiger charge is -2.00. The third-order valence-corrected chi connectivity index (χ3v) is 3.86. The molecule has 5 nitrogen and oxygen atoms in total. The molecule has 22 heavy (non-hydrogen) atoms. The average molecular weight is 309 g/mol. The number of hydrogen-bond donors (Lipinski definition) is 1. The van der Waals surface area contributed by atoms with Crippen molar-refractivity contribution >= 4 is 38.2 Å². The van der Waals surface area contributed by atoms with E-state index in [1.165, 1.54) is 11.3 Å². The van der Waals surface area contributed by atoms with Gasteiger partial charge in [-0.15, -0.1) is 10.2 Å². The molecule has 0 aliphatic carbocycles. The van der Waals surface area contributed by atoms with Gasteiger partial charge in [0.25, 0.3) is 0 Å². The molecule has 1 N–H and O–H groups in total. The van der Waals surface area contributed by atoms with E-state index in [0.717, 1.165) is 15.9 Å². The zero-order chi connectivity index (χ0) is 15.2. The Morgan fingerprint density at radius 3 is 2.64 bits per heavy atom. The number of aromatic nitrogens is 1. The van der Waals surface area contributed by atoms with Crippen LogP contribution in [0.15, 0.2) is 69.9 Å². The third kappa shape index (κ3) is 3.53. The zero-order valence-electron chi connectivity index (χ0n) is 12.1. The fourth-order valence-corrected chi connectivity index (χ4v) is 2.60. The van der Waals surface area contributed by atoms with E-state index >= 15 is 0 Å². The molecule has 0 spiro atoms. The predicted molar refractivity (Wildman–Crippen MR) is 91.9 cm³/mol. The van der Waals surface area contributed by atoms with Crippen LogP contribution in [0.3, 0.4) is 0 Å². The molecule has 6 heteroatoms. The largest absolute Gasteiger partial charge is 0.277 e. The van der Waals surface area contributed by atoms with Crippen LogP contribution in [0.25, 0.3) is 10.2 Å². The first kappa shape index (κ1) is 14.3. The summed E-state index contributed by atoms with van der Waals surface area (Å²) in [5.41, 5.74) is 4.84. The highest BCUT2D eigenvalue weighted by Crippen LogP contribution is 2.27. The van der Waals surface area contributed by atoms with Gasteiger partial charge in [-0.2, -0.15) is 5.10 Å². The van der Waals surface area contributed by atoms with E-state index in [9.17, 15) is 0 Å². The van der Waals surface area contributed by atoms with E-state index in [-0.39, 0.29) is 0 Å². The van der Waals surface area contributed by atoms with Gasteiger partial charge in [0.05, 0.1) is 15.9 Å². The molecule has 2 aromatic carbocycles. The maximum atomic E-state index is 4.42. The summed E-state index contributed by atoms with van der Waals surface area (Å²) in [6.45, 7) is 1.99. The van der Waals surface area contributed by atoms with E-state index in [0.29, 0.717) is 17.4 Å². The summed E-state index contributed by atoms with van der Waals surface area (Å²) >= 11 is 1.52. The summed E-state index contributed by atoms with van der Waals surface area (Å²) < 4.78 is 1.11. The smallest absolute Gasteiger partial charge is 0.231 e. The average Bonchev–Trinajstić information content (AvgIpc) is 2.99. The molecule has 0 amide bonds. The minimum Gasteiger partial charge on any atom is -0.277 e. The monoisotopic (exact) mass is 309 g/mol. The molecule has 0 saturated carbocycles. The van der Waals surface area contributed by atoms with Crippen LogP contribution in [-0.4, -0.2) is 10.8 Å². The number of hydrazone groups is 1. The summed E-state index contributed by atoms with van der Waals surface area (Å²) in [6.07, 6.45) is 0.689. The number of fused-ring (bicyclic) bond motifs is 1. The molecule has 0 saturated heterocycles. The summed E-state index contributed by atoms with van der Waals surface area (Å²) in [5, 5.41) is 13.3. The molecule has 0 aliphatic heterocycles. The predicted octanol–water partition coefficient (Wildman–Crippen LogP) is 5.22. The maximum Gasteiger partial charge on any atom is 0.231 e. The van der Waals surface area contributed by atoms with E-state index in [4.69, 9.17) is 0 Å². The van der Waals surface area contributed by atoms with Crippen molar-refractivity contribution in [1.82, 2.24) is 4.98 Å². The molecule has 110 valence electrons. The molecule has 0 atom stereocenters. The molecule has 0 radical (unpaired) electrons. The van der Waals surface area contributed by atoms with Gasteiger partial charge < -0.3 is 0 Å².